The topological polar surface area (TPSA) is 74.3 Å². The number of benzene rings is 2. The van der Waals surface area contributed by atoms with Crippen molar-refractivity contribution in [2.75, 3.05) is 58.2 Å². The Morgan fingerprint density at radius 2 is 1.84 bits per heavy atom. The molecule has 0 bridgehead atoms. The number of hydrogen-bond acceptors (Lipinski definition) is 6. The summed E-state index contributed by atoms with van der Waals surface area (Å²) in [5.41, 5.74) is -2.90. The molecular weight excluding hydrogens is 394 g/mol. The van der Waals surface area contributed by atoms with Crippen LogP contribution in [0, 0.1) is 13.7 Å². The summed E-state index contributed by atoms with van der Waals surface area (Å²) in [6, 6.07) is 3.40. The number of rotatable bonds is 9. The molecule has 1 aliphatic rings. The van der Waals surface area contributed by atoms with Gasteiger partial charge in [0.15, 0.2) is 11.5 Å². The van der Waals surface area contributed by atoms with E-state index in [1.165, 1.54) is 13.2 Å². The molecule has 7 heteroatoms. The number of methoxy groups -OCH3 is 1. The fraction of sp³-hybridized carbons (Fsp3) is 0.458. The van der Waals surface area contributed by atoms with Crippen LogP contribution in [0.5, 0.6) is 11.5 Å². The standard InChI is InChI=1S/C24H33N3O4/c1-18-7-6-8-19(2)24(18)25-23(29)16-27-13-11-26(12-14-27)15-20(28)17-31-22-10-5-4-9-21(22)30-3/h4-10,20,28H,11-17H2,1-3H3,(H,25,29)/i1D3,2D3,6D,7D,8D,16D2,17D2. The Morgan fingerprint density at radius 3 is 2.48 bits per heavy atom. The number of nitrogens with one attached hydrogen (secondary N) is 1. The van der Waals surface area contributed by atoms with Crippen molar-refractivity contribution in [2.45, 2.75) is 19.8 Å². The van der Waals surface area contributed by atoms with E-state index in [-0.39, 0.29) is 44.2 Å². The van der Waals surface area contributed by atoms with E-state index in [1.807, 2.05) is 5.32 Å². The van der Waals surface area contributed by atoms with Crippen LogP contribution in [0.3, 0.4) is 0 Å². The van der Waals surface area contributed by atoms with Crippen molar-refractivity contribution in [1.82, 2.24) is 9.80 Å². The fourth-order valence-electron chi connectivity index (χ4n) is 2.98. The Balaban J connectivity index is 1.75. The van der Waals surface area contributed by atoms with Gasteiger partial charge < -0.3 is 19.9 Å². The molecule has 1 aliphatic heterocycles. The van der Waals surface area contributed by atoms with Crippen LogP contribution in [-0.2, 0) is 4.79 Å². The Kier molecular flexibility index (Phi) is 4.06. The smallest absolute Gasteiger partial charge is 0.238 e. The summed E-state index contributed by atoms with van der Waals surface area (Å²) >= 11 is 0. The maximum atomic E-state index is 13.2. The zero-order valence-electron chi connectivity index (χ0n) is 30.0. The normalized spacial score (nSPS) is 23.9. The molecule has 0 aliphatic carbocycles. The number of amides is 1. The van der Waals surface area contributed by atoms with E-state index in [1.54, 1.807) is 23.1 Å². The summed E-state index contributed by atoms with van der Waals surface area (Å²) < 4.78 is 115. The first-order valence-corrected chi connectivity index (χ1v) is 9.56. The molecule has 0 spiro atoms. The predicted octanol–water partition coefficient (Wildman–Crippen LogP) is 2.31. The van der Waals surface area contributed by atoms with Crippen LogP contribution < -0.4 is 14.8 Å². The second-order valence-electron chi connectivity index (χ2n) is 6.74. The van der Waals surface area contributed by atoms with Gasteiger partial charge in [-0.1, -0.05) is 30.3 Å². The van der Waals surface area contributed by atoms with Crippen molar-refractivity contribution in [2.24, 2.45) is 0 Å². The maximum Gasteiger partial charge on any atom is 0.238 e. The average molecular weight is 441 g/mol. The van der Waals surface area contributed by atoms with Crippen molar-refractivity contribution < 1.29 is 37.2 Å². The second kappa shape index (κ2) is 11.1. The van der Waals surface area contributed by atoms with E-state index >= 15 is 0 Å². The summed E-state index contributed by atoms with van der Waals surface area (Å²) in [6.45, 7) is -11.9. The summed E-state index contributed by atoms with van der Waals surface area (Å²) in [7, 11) is 1.39. The van der Waals surface area contributed by atoms with Gasteiger partial charge in [-0.15, -0.1) is 0 Å². The molecule has 0 saturated carbocycles. The number of nitrogens with zero attached hydrogens (tertiary/aromatic N) is 2. The average Bonchev–Trinajstić information content (AvgIpc) is 2.90. The van der Waals surface area contributed by atoms with E-state index in [2.05, 4.69) is 0 Å². The molecule has 1 amide bonds. The lowest BCUT2D eigenvalue weighted by Gasteiger charge is -2.35. The minimum absolute atomic E-state index is 0.0803. The van der Waals surface area contributed by atoms with Gasteiger partial charge in [0.2, 0.25) is 5.91 Å². The number of hydrogen-bond donors (Lipinski definition) is 2. The number of ether oxygens (including phenoxy) is 2. The van der Waals surface area contributed by atoms with Crippen molar-refractivity contribution in [3.8, 4) is 11.5 Å². The SMILES string of the molecule is [2H]c1c([2H])c(C([2H])([2H])[2H])c(NC(=O)C([2H])([2H])N2CCN(CC(O)C([2H])([2H])Oc3ccccc3OC)CC2)c(C([2H])([2H])[2H])c1[2H]. The lowest BCUT2D eigenvalue weighted by Crippen LogP contribution is -2.50. The second-order valence-corrected chi connectivity index (χ2v) is 6.74. The molecule has 1 saturated heterocycles. The molecule has 2 aromatic rings. The molecular formula is C24H33N3O4. The van der Waals surface area contributed by atoms with Gasteiger partial charge in [-0.2, -0.15) is 0 Å². The Hall–Kier alpha value is -2.61. The first kappa shape index (κ1) is 11.3. The summed E-state index contributed by atoms with van der Waals surface area (Å²) in [5.74, 6) is -1.10. The van der Waals surface area contributed by atoms with Gasteiger partial charge in [0.05, 0.1) is 23.2 Å². The van der Waals surface area contributed by atoms with E-state index < -0.39 is 73.7 Å². The molecule has 7 nitrogen and oxygen atoms in total. The molecule has 2 aromatic carbocycles. The number of carbonyl (C=O) groups is 1. The van der Waals surface area contributed by atoms with E-state index in [9.17, 15) is 9.90 Å². The fourth-order valence-corrected chi connectivity index (χ4v) is 2.98. The highest BCUT2D eigenvalue weighted by atomic mass is 16.5. The number of carbonyl (C=O) groups excluding carboxylic acids is 1. The molecule has 1 atom stereocenters. The lowest BCUT2D eigenvalue weighted by atomic mass is 10.1. The van der Waals surface area contributed by atoms with E-state index in [0.717, 1.165) is 4.90 Å². The number of β-amino-alcohol motifs (C(OH)–C–C–N with tert-alkyl or cyclic N) is 1. The maximum absolute atomic E-state index is 13.2. The van der Waals surface area contributed by atoms with Gasteiger partial charge in [-0.05, 0) is 37.0 Å². The van der Waals surface area contributed by atoms with Gasteiger partial charge in [0, 0.05) is 46.6 Å². The molecule has 31 heavy (non-hydrogen) atoms. The molecule has 1 unspecified atom stereocenters. The molecule has 0 radical (unpaired) electrons. The molecule has 1 heterocycles. The monoisotopic (exact) mass is 440 g/mol. The third-order valence-electron chi connectivity index (χ3n) is 4.55. The highest BCUT2D eigenvalue weighted by Gasteiger charge is 2.21. The van der Waals surface area contributed by atoms with Gasteiger partial charge in [-0.25, -0.2) is 0 Å². The Morgan fingerprint density at radius 1 is 1.19 bits per heavy atom. The van der Waals surface area contributed by atoms with Crippen molar-refractivity contribution in [3.63, 3.8) is 0 Å². The van der Waals surface area contributed by atoms with Crippen LogP contribution in [0.25, 0.3) is 0 Å². The number of para-hydroxylation sites is 3. The highest BCUT2D eigenvalue weighted by molar-refractivity contribution is 5.93. The van der Waals surface area contributed by atoms with E-state index in [4.69, 9.17) is 27.3 Å². The third kappa shape index (κ3) is 6.69. The minimum atomic E-state index is -3.18. The van der Waals surface area contributed by atoms with Gasteiger partial charge >= 0.3 is 0 Å². The molecule has 168 valence electrons. The predicted molar refractivity (Wildman–Crippen MR) is 122 cm³/mol. The van der Waals surface area contributed by atoms with Crippen LogP contribution in [0.15, 0.2) is 42.4 Å². The lowest BCUT2D eigenvalue weighted by molar-refractivity contribution is -0.117. The third-order valence-corrected chi connectivity index (χ3v) is 4.55. The zero-order valence-corrected chi connectivity index (χ0v) is 17.0. The Labute approximate surface area is 202 Å². The van der Waals surface area contributed by atoms with Gasteiger partial charge in [0.1, 0.15) is 12.7 Å². The van der Waals surface area contributed by atoms with Gasteiger partial charge in [-0.3, -0.25) is 14.6 Å². The molecule has 0 aromatic heterocycles. The first-order valence-electron chi connectivity index (χ1n) is 16.1. The van der Waals surface area contributed by atoms with Crippen molar-refractivity contribution in [3.05, 3.63) is 53.5 Å². The molecule has 2 N–H and O–H groups in total. The minimum Gasteiger partial charge on any atom is -0.493 e. The summed E-state index contributed by atoms with van der Waals surface area (Å²) in [5, 5.41) is 12.6. The van der Waals surface area contributed by atoms with Crippen LogP contribution in [0.1, 0.15) is 28.9 Å². The number of aliphatic hydroxyl groups is 1. The number of piperazine rings is 1. The summed E-state index contributed by atoms with van der Waals surface area (Å²) in [6.07, 6.45) is -1.63. The van der Waals surface area contributed by atoms with Crippen LogP contribution in [0.4, 0.5) is 5.69 Å². The van der Waals surface area contributed by atoms with Crippen LogP contribution >= 0.6 is 0 Å². The zero-order chi connectivity index (χ0) is 33.4. The van der Waals surface area contributed by atoms with Crippen molar-refractivity contribution in [1.29, 1.82) is 0 Å². The number of aliphatic hydroxyl groups excluding tert-OH is 1. The molecule has 1 fully saturated rings. The Bertz CT molecular complexity index is 1320. The summed E-state index contributed by atoms with van der Waals surface area (Å²) in [4.78, 5) is 15.9. The number of anilines is 1. The van der Waals surface area contributed by atoms with Crippen molar-refractivity contribution >= 4 is 11.6 Å². The van der Waals surface area contributed by atoms with Crippen LogP contribution in [0.2, 0.25) is 0 Å². The largest absolute Gasteiger partial charge is 0.493 e. The highest BCUT2D eigenvalue weighted by Crippen LogP contribution is 2.25. The van der Waals surface area contributed by atoms with E-state index in [0.29, 0.717) is 0 Å². The van der Waals surface area contributed by atoms with Gasteiger partial charge in [0.25, 0.3) is 0 Å². The quantitative estimate of drug-likeness (QED) is 0.623. The van der Waals surface area contributed by atoms with Crippen LogP contribution in [-0.4, -0.2) is 79.8 Å². The first-order chi connectivity index (χ1) is 20.1. The molecule has 3 rings (SSSR count).